The molecule has 0 amide bonds. The molecule has 2 heteroatoms. The summed E-state index contributed by atoms with van der Waals surface area (Å²) >= 11 is 0. The van der Waals surface area contributed by atoms with E-state index in [0.29, 0.717) is 0 Å². The minimum Gasteiger partial charge on any atom is -0.333 e. The summed E-state index contributed by atoms with van der Waals surface area (Å²) in [7, 11) is -1.08. The van der Waals surface area contributed by atoms with E-state index in [9.17, 15) is 0 Å². The van der Waals surface area contributed by atoms with Gasteiger partial charge in [-0.05, 0) is 0 Å². The van der Waals surface area contributed by atoms with Gasteiger partial charge in [0.05, 0.1) is 0 Å². The Labute approximate surface area is 63.5 Å². The van der Waals surface area contributed by atoms with Gasteiger partial charge in [-0.2, -0.15) is 6.92 Å². The quantitative estimate of drug-likeness (QED) is 0.298. The summed E-state index contributed by atoms with van der Waals surface area (Å²) in [5.41, 5.74) is 3.06. The molecule has 0 heterocycles. The van der Waals surface area contributed by atoms with Gasteiger partial charge in [0, 0.05) is 8.07 Å². The molecule has 0 fully saturated rings. The van der Waals surface area contributed by atoms with Crippen LogP contribution in [-0.4, -0.2) is 8.07 Å². The van der Waals surface area contributed by atoms with Gasteiger partial charge in [0.25, 0.3) is 0 Å². The Hall–Kier alpha value is 0.166. The fourth-order valence-corrected chi connectivity index (χ4v) is 0.795. The third-order valence-electron chi connectivity index (χ3n) is 0.463. The summed E-state index contributed by atoms with van der Waals surface area (Å²) in [5.74, 6) is 2.67. The molecule has 0 saturated carbocycles. The van der Waals surface area contributed by atoms with E-state index in [2.05, 4.69) is 38.0 Å². The first kappa shape index (κ1) is 11.0. The zero-order valence-electron chi connectivity index (χ0n) is 5.51. The average molecular weight is 175 g/mol. The maximum absolute atomic E-state index is 3.44. The van der Waals surface area contributed by atoms with Crippen molar-refractivity contribution in [1.82, 2.24) is 0 Å². The topological polar surface area (TPSA) is 0 Å². The van der Waals surface area contributed by atoms with Crippen molar-refractivity contribution in [2.75, 3.05) is 0 Å². The van der Waals surface area contributed by atoms with Crippen LogP contribution < -0.4 is 0 Å². The third-order valence-corrected chi connectivity index (χ3v) is 1.39. The van der Waals surface area contributed by atoms with Crippen molar-refractivity contribution in [2.45, 2.75) is 19.6 Å². The van der Waals surface area contributed by atoms with Gasteiger partial charge in [-0.1, -0.05) is 19.6 Å². The van der Waals surface area contributed by atoms with Crippen LogP contribution in [0.5, 0.6) is 0 Å². The predicted molar refractivity (Wildman–Crippen MR) is 36.5 cm³/mol. The smallest absolute Gasteiger partial charge is 0.333 e. The second-order valence-corrected chi connectivity index (χ2v) is 7.30. The molecule has 8 heavy (non-hydrogen) atoms. The van der Waals surface area contributed by atoms with Crippen molar-refractivity contribution < 1.29 is 17.1 Å². The minimum atomic E-state index is -1.08. The largest absolute Gasteiger partial charge is 1.00 e. The number of rotatable bonds is 0. The van der Waals surface area contributed by atoms with Gasteiger partial charge >= 0.3 is 17.1 Å². The first-order valence-corrected chi connectivity index (χ1v) is 5.85. The minimum absolute atomic E-state index is 0. The summed E-state index contributed by atoms with van der Waals surface area (Å²) < 4.78 is 0. The van der Waals surface area contributed by atoms with E-state index >= 15 is 0 Å². The van der Waals surface area contributed by atoms with E-state index in [1.807, 2.05) is 0 Å². The van der Waals surface area contributed by atoms with Crippen LogP contribution in [0.4, 0.5) is 0 Å². The van der Waals surface area contributed by atoms with Gasteiger partial charge in [-0.3, -0.25) is 5.92 Å². The van der Waals surface area contributed by atoms with Crippen LogP contribution in [0.1, 0.15) is 0 Å². The second-order valence-electron chi connectivity index (χ2n) is 2.55. The van der Waals surface area contributed by atoms with Gasteiger partial charge in [0.1, 0.15) is 0 Å². The molecule has 0 aliphatic carbocycles. The Bertz CT molecular complexity index is 102. The number of hydrogen-bond donors (Lipinski definition) is 0. The van der Waals surface area contributed by atoms with Crippen LogP contribution in [0.15, 0.2) is 0 Å². The fraction of sp³-hybridized carbons (Fsp3) is 0.500. The summed E-state index contributed by atoms with van der Waals surface area (Å²) in [6.45, 7) is 10.0. The van der Waals surface area contributed by atoms with Crippen molar-refractivity contribution >= 4 is 8.07 Å². The Morgan fingerprint density at radius 3 is 1.62 bits per heavy atom. The Morgan fingerprint density at radius 1 is 1.25 bits per heavy atom. The fourth-order valence-electron chi connectivity index (χ4n) is 0.265. The van der Waals surface area contributed by atoms with Crippen molar-refractivity contribution in [3.63, 3.8) is 0 Å². The van der Waals surface area contributed by atoms with E-state index in [1.165, 1.54) is 0 Å². The first-order valence-electron chi connectivity index (χ1n) is 2.35. The molecule has 0 radical (unpaired) electrons. The molecule has 0 N–H and O–H groups in total. The van der Waals surface area contributed by atoms with E-state index in [4.69, 9.17) is 0 Å². The SMILES string of the molecule is [CH2-]C#C[Si](C)(C)C.[Cu+]. The average Bonchev–Trinajstić information content (AvgIpc) is 1.30. The summed E-state index contributed by atoms with van der Waals surface area (Å²) in [6, 6.07) is 0. The van der Waals surface area contributed by atoms with Crippen molar-refractivity contribution in [1.29, 1.82) is 0 Å². The molecular formula is C6H11CuSi. The maximum atomic E-state index is 3.44. The number of hydrogen-bond acceptors (Lipinski definition) is 0. The van der Waals surface area contributed by atoms with Crippen LogP contribution in [0, 0.1) is 18.4 Å². The molecule has 0 aliphatic rings. The molecule has 0 aromatic rings. The Kier molecular flexibility index (Phi) is 5.63. The molecule has 0 atom stereocenters. The molecule has 0 unspecified atom stereocenters. The molecule has 0 aliphatic heterocycles. The molecule has 0 rings (SSSR count). The van der Waals surface area contributed by atoms with Gasteiger partial charge in [-0.25, -0.2) is 0 Å². The molecule has 0 bridgehead atoms. The van der Waals surface area contributed by atoms with Gasteiger partial charge in [0.15, 0.2) is 0 Å². The van der Waals surface area contributed by atoms with E-state index in [1.54, 1.807) is 0 Å². The molecule has 0 aromatic carbocycles. The van der Waals surface area contributed by atoms with Gasteiger partial charge in [0.2, 0.25) is 0 Å². The Morgan fingerprint density at radius 2 is 1.62 bits per heavy atom. The zero-order valence-corrected chi connectivity index (χ0v) is 7.45. The van der Waals surface area contributed by atoms with Crippen LogP contribution in [0.3, 0.4) is 0 Å². The van der Waals surface area contributed by atoms with Gasteiger partial charge in [-0.15, -0.1) is 0 Å². The Balaban J connectivity index is 0. The molecule has 0 saturated heterocycles. The van der Waals surface area contributed by atoms with Crippen LogP contribution in [0.2, 0.25) is 19.6 Å². The molecular weight excluding hydrogens is 164 g/mol. The van der Waals surface area contributed by atoms with E-state index < -0.39 is 8.07 Å². The van der Waals surface area contributed by atoms with Gasteiger partial charge < -0.3 is 5.54 Å². The summed E-state index contributed by atoms with van der Waals surface area (Å²) in [4.78, 5) is 0. The van der Waals surface area contributed by atoms with E-state index in [-0.39, 0.29) is 17.1 Å². The first-order chi connectivity index (χ1) is 3.06. The molecule has 0 nitrogen and oxygen atoms in total. The van der Waals surface area contributed by atoms with Crippen molar-refractivity contribution in [2.24, 2.45) is 0 Å². The van der Waals surface area contributed by atoms with Crippen molar-refractivity contribution in [3.8, 4) is 11.5 Å². The zero-order chi connectivity index (χ0) is 5.91. The standard InChI is InChI=1S/C6H11Si.Cu/c1-5-6-7(2,3)4;/h1H2,2-4H3;/q-1;+1. The predicted octanol–water partition coefficient (Wildman–Crippen LogP) is 1.70. The summed E-state index contributed by atoms with van der Waals surface area (Å²) in [6.07, 6.45) is 0. The molecule has 0 aromatic heterocycles. The monoisotopic (exact) mass is 174 g/mol. The molecule has 50 valence electrons. The maximum Gasteiger partial charge on any atom is 1.00 e. The van der Waals surface area contributed by atoms with Crippen molar-refractivity contribution in [3.05, 3.63) is 6.92 Å². The molecule has 0 spiro atoms. The van der Waals surface area contributed by atoms with Crippen LogP contribution in [0.25, 0.3) is 0 Å². The normalized spacial score (nSPS) is 8.38. The summed E-state index contributed by atoms with van der Waals surface area (Å²) in [5, 5.41) is 0. The second kappa shape index (κ2) is 4.09. The van der Waals surface area contributed by atoms with E-state index in [0.717, 1.165) is 0 Å². The third kappa shape index (κ3) is 9.48. The van der Waals surface area contributed by atoms with Crippen LogP contribution in [-0.2, 0) is 17.1 Å². The van der Waals surface area contributed by atoms with Crippen LogP contribution >= 0.6 is 0 Å².